The van der Waals surface area contributed by atoms with Gasteiger partial charge in [-0.3, -0.25) is 4.79 Å². The maximum absolute atomic E-state index is 12.1. The Labute approximate surface area is 124 Å². The standard InChI is InChI=1S/C18H18O3/c1-3-6-16(19)15-7-4-5-8-17(15)21-18(20)14-11-9-13(2)10-12-14/h4-5,7-12H,3,6H2,1-2H3. The fraction of sp³-hybridized carbons (Fsp3) is 0.222. The summed E-state index contributed by atoms with van der Waals surface area (Å²) in [5.74, 6) is -0.141. The van der Waals surface area contributed by atoms with Crippen molar-refractivity contribution in [2.24, 2.45) is 0 Å². The van der Waals surface area contributed by atoms with E-state index in [1.807, 2.05) is 26.0 Å². The Morgan fingerprint density at radius 1 is 1.00 bits per heavy atom. The molecule has 0 N–H and O–H groups in total. The summed E-state index contributed by atoms with van der Waals surface area (Å²) < 4.78 is 5.38. The molecule has 0 saturated carbocycles. The van der Waals surface area contributed by atoms with Crippen LogP contribution in [0.1, 0.15) is 46.0 Å². The Morgan fingerprint density at radius 3 is 2.33 bits per heavy atom. The van der Waals surface area contributed by atoms with Crippen LogP contribution >= 0.6 is 0 Å². The number of benzene rings is 2. The van der Waals surface area contributed by atoms with Gasteiger partial charge in [-0.25, -0.2) is 4.79 Å². The summed E-state index contributed by atoms with van der Waals surface area (Å²) in [6, 6.07) is 14.0. The van der Waals surface area contributed by atoms with E-state index in [9.17, 15) is 9.59 Å². The summed E-state index contributed by atoms with van der Waals surface area (Å²) in [5.41, 5.74) is 2.00. The van der Waals surface area contributed by atoms with Crippen LogP contribution in [0.5, 0.6) is 5.75 Å². The number of ether oxygens (including phenoxy) is 1. The summed E-state index contributed by atoms with van der Waals surface area (Å²) in [7, 11) is 0. The molecule has 0 spiro atoms. The third-order valence-electron chi connectivity index (χ3n) is 3.15. The number of Topliss-reactive ketones (excluding diaryl/α,β-unsaturated/α-hetero) is 1. The number of hydrogen-bond donors (Lipinski definition) is 0. The first-order valence-corrected chi connectivity index (χ1v) is 7.03. The molecule has 0 radical (unpaired) electrons. The Hall–Kier alpha value is -2.42. The maximum atomic E-state index is 12.1. The molecule has 2 aromatic carbocycles. The van der Waals surface area contributed by atoms with Crippen molar-refractivity contribution in [1.82, 2.24) is 0 Å². The minimum Gasteiger partial charge on any atom is -0.422 e. The van der Waals surface area contributed by atoms with Crippen molar-refractivity contribution in [1.29, 1.82) is 0 Å². The molecule has 2 rings (SSSR count). The van der Waals surface area contributed by atoms with Gasteiger partial charge in [0.1, 0.15) is 5.75 Å². The van der Waals surface area contributed by atoms with Gasteiger partial charge in [-0.15, -0.1) is 0 Å². The van der Waals surface area contributed by atoms with Gasteiger partial charge < -0.3 is 4.74 Å². The second-order valence-electron chi connectivity index (χ2n) is 4.92. The molecule has 108 valence electrons. The fourth-order valence-corrected chi connectivity index (χ4v) is 2.00. The second kappa shape index (κ2) is 6.84. The summed E-state index contributed by atoms with van der Waals surface area (Å²) in [6.45, 7) is 3.90. The first kappa shape index (κ1) is 15.0. The predicted molar refractivity (Wildman–Crippen MR) is 81.8 cm³/mol. The first-order chi connectivity index (χ1) is 10.1. The molecule has 0 atom stereocenters. The normalized spacial score (nSPS) is 10.2. The highest BCUT2D eigenvalue weighted by molar-refractivity contribution is 6.00. The number of aryl methyl sites for hydroxylation is 1. The van der Waals surface area contributed by atoms with Gasteiger partial charge in [-0.1, -0.05) is 36.8 Å². The number of para-hydroxylation sites is 1. The Bertz CT molecular complexity index is 642. The van der Waals surface area contributed by atoms with Crippen LogP contribution in [0.25, 0.3) is 0 Å². The number of carbonyl (C=O) groups excluding carboxylic acids is 2. The highest BCUT2D eigenvalue weighted by Crippen LogP contribution is 2.21. The number of ketones is 1. The zero-order chi connectivity index (χ0) is 15.2. The highest BCUT2D eigenvalue weighted by Gasteiger charge is 2.15. The van der Waals surface area contributed by atoms with Crippen LogP contribution in [0.4, 0.5) is 0 Å². The van der Waals surface area contributed by atoms with Crippen LogP contribution in [-0.2, 0) is 0 Å². The van der Waals surface area contributed by atoms with Crippen LogP contribution in [0, 0.1) is 6.92 Å². The quantitative estimate of drug-likeness (QED) is 0.469. The van der Waals surface area contributed by atoms with E-state index >= 15 is 0 Å². The van der Waals surface area contributed by atoms with E-state index in [0.717, 1.165) is 12.0 Å². The molecule has 3 heteroatoms. The summed E-state index contributed by atoms with van der Waals surface area (Å²) >= 11 is 0. The van der Waals surface area contributed by atoms with E-state index in [2.05, 4.69) is 0 Å². The average Bonchev–Trinajstić information content (AvgIpc) is 2.48. The molecule has 2 aromatic rings. The molecule has 21 heavy (non-hydrogen) atoms. The van der Waals surface area contributed by atoms with Crippen LogP contribution in [0.2, 0.25) is 0 Å². The highest BCUT2D eigenvalue weighted by atomic mass is 16.5. The van der Waals surface area contributed by atoms with Gasteiger partial charge in [0.05, 0.1) is 11.1 Å². The average molecular weight is 282 g/mol. The molecule has 3 nitrogen and oxygen atoms in total. The molecule has 0 aliphatic rings. The SMILES string of the molecule is CCCC(=O)c1ccccc1OC(=O)c1ccc(C)cc1. The smallest absolute Gasteiger partial charge is 0.343 e. The van der Waals surface area contributed by atoms with Crippen molar-refractivity contribution in [2.45, 2.75) is 26.7 Å². The van der Waals surface area contributed by atoms with Crippen molar-refractivity contribution >= 4 is 11.8 Å². The maximum Gasteiger partial charge on any atom is 0.343 e. The molecular formula is C18H18O3. The lowest BCUT2D eigenvalue weighted by Gasteiger charge is -2.09. The molecule has 0 saturated heterocycles. The Kier molecular flexibility index (Phi) is 4.88. The van der Waals surface area contributed by atoms with Gasteiger partial charge in [-0.05, 0) is 37.6 Å². The van der Waals surface area contributed by atoms with E-state index in [1.54, 1.807) is 36.4 Å². The molecular weight excluding hydrogens is 264 g/mol. The van der Waals surface area contributed by atoms with E-state index in [0.29, 0.717) is 23.3 Å². The van der Waals surface area contributed by atoms with Gasteiger partial charge >= 0.3 is 5.97 Å². The molecule has 0 heterocycles. The second-order valence-corrected chi connectivity index (χ2v) is 4.92. The van der Waals surface area contributed by atoms with Gasteiger partial charge in [0.2, 0.25) is 0 Å². The lowest BCUT2D eigenvalue weighted by Crippen LogP contribution is -2.11. The summed E-state index contributed by atoms with van der Waals surface area (Å²) in [6.07, 6.45) is 1.21. The molecule has 0 aromatic heterocycles. The minimum absolute atomic E-state index is 0.00944. The van der Waals surface area contributed by atoms with Crippen molar-refractivity contribution in [3.63, 3.8) is 0 Å². The molecule has 0 amide bonds. The molecule has 0 aliphatic carbocycles. The van der Waals surface area contributed by atoms with E-state index in [4.69, 9.17) is 4.74 Å². The molecule has 0 bridgehead atoms. The number of carbonyl (C=O) groups is 2. The van der Waals surface area contributed by atoms with Crippen molar-refractivity contribution in [2.75, 3.05) is 0 Å². The zero-order valence-corrected chi connectivity index (χ0v) is 12.3. The summed E-state index contributed by atoms with van der Waals surface area (Å²) in [5, 5.41) is 0. The number of esters is 1. The van der Waals surface area contributed by atoms with Crippen molar-refractivity contribution in [3.05, 3.63) is 65.2 Å². The van der Waals surface area contributed by atoms with Crippen molar-refractivity contribution in [3.8, 4) is 5.75 Å². The molecule has 0 fully saturated rings. The van der Waals surface area contributed by atoms with Gasteiger partial charge in [0.15, 0.2) is 5.78 Å². The molecule has 0 unspecified atom stereocenters. The summed E-state index contributed by atoms with van der Waals surface area (Å²) in [4.78, 5) is 24.2. The number of rotatable bonds is 5. The van der Waals surface area contributed by atoms with Crippen molar-refractivity contribution < 1.29 is 14.3 Å². The van der Waals surface area contributed by atoms with Gasteiger partial charge in [0.25, 0.3) is 0 Å². The fourth-order valence-electron chi connectivity index (χ4n) is 2.00. The largest absolute Gasteiger partial charge is 0.422 e. The first-order valence-electron chi connectivity index (χ1n) is 7.03. The Morgan fingerprint density at radius 2 is 1.67 bits per heavy atom. The predicted octanol–water partition coefficient (Wildman–Crippen LogP) is 4.20. The van der Waals surface area contributed by atoms with Crippen LogP contribution in [0.15, 0.2) is 48.5 Å². The van der Waals surface area contributed by atoms with E-state index < -0.39 is 5.97 Å². The third-order valence-corrected chi connectivity index (χ3v) is 3.15. The topological polar surface area (TPSA) is 43.4 Å². The van der Waals surface area contributed by atoms with Crippen LogP contribution < -0.4 is 4.74 Å². The lowest BCUT2D eigenvalue weighted by atomic mass is 10.1. The molecule has 0 aliphatic heterocycles. The monoisotopic (exact) mass is 282 g/mol. The van der Waals surface area contributed by atoms with E-state index in [-0.39, 0.29) is 5.78 Å². The minimum atomic E-state index is -0.452. The Balaban J connectivity index is 2.21. The number of hydrogen-bond acceptors (Lipinski definition) is 3. The van der Waals surface area contributed by atoms with Gasteiger partial charge in [-0.2, -0.15) is 0 Å². The lowest BCUT2D eigenvalue weighted by molar-refractivity contribution is 0.0732. The van der Waals surface area contributed by atoms with Crippen LogP contribution in [0.3, 0.4) is 0 Å². The third kappa shape index (κ3) is 3.78. The van der Waals surface area contributed by atoms with Gasteiger partial charge in [0, 0.05) is 6.42 Å². The van der Waals surface area contributed by atoms with Crippen LogP contribution in [-0.4, -0.2) is 11.8 Å². The van der Waals surface area contributed by atoms with E-state index in [1.165, 1.54) is 0 Å². The zero-order valence-electron chi connectivity index (χ0n) is 12.3.